The number of hydrogen-bond acceptors (Lipinski definition) is 2. The van der Waals surface area contributed by atoms with Crippen LogP contribution in [-0.2, 0) is 0 Å². The number of likely N-dealkylation sites (tertiary alicyclic amines) is 1. The minimum absolute atomic E-state index is 0.224. The van der Waals surface area contributed by atoms with Crippen molar-refractivity contribution in [3.63, 3.8) is 0 Å². The van der Waals surface area contributed by atoms with Crippen molar-refractivity contribution in [3.05, 3.63) is 69.5 Å². The van der Waals surface area contributed by atoms with E-state index in [1.165, 1.54) is 29.2 Å². The highest BCUT2D eigenvalue weighted by molar-refractivity contribution is 6.42. The van der Waals surface area contributed by atoms with Gasteiger partial charge in [0.25, 0.3) is 5.91 Å². The zero-order chi connectivity index (χ0) is 19.6. The van der Waals surface area contributed by atoms with Gasteiger partial charge in [0.1, 0.15) is 5.82 Å². The number of carboxylic acid groups (broad SMARTS) is 1. The standard InChI is InChI=1S/C19H17Cl2FN2O3/c20-15-6-3-12(9-16(15)21)14-10-24(19(26)27)8-7-17(14)23-18(25)11-1-4-13(22)5-2-11/h1-6,9,14,17H,7-8,10H2,(H,23,25)(H,26,27)/t14-,17+/m0/s1. The molecule has 5 nitrogen and oxygen atoms in total. The first kappa shape index (κ1) is 19.5. The lowest BCUT2D eigenvalue weighted by atomic mass is 9.86. The molecule has 0 unspecified atom stereocenters. The number of amides is 2. The summed E-state index contributed by atoms with van der Waals surface area (Å²) in [6, 6.07) is 10.1. The molecular formula is C19H17Cl2FN2O3. The van der Waals surface area contributed by atoms with E-state index in [4.69, 9.17) is 23.2 Å². The lowest BCUT2D eigenvalue weighted by Gasteiger charge is -2.38. The molecule has 8 heteroatoms. The summed E-state index contributed by atoms with van der Waals surface area (Å²) in [6.45, 7) is 0.531. The summed E-state index contributed by atoms with van der Waals surface area (Å²) in [6.07, 6.45) is -0.562. The molecule has 1 aliphatic rings. The van der Waals surface area contributed by atoms with Crippen LogP contribution in [0.2, 0.25) is 10.0 Å². The van der Waals surface area contributed by atoms with Gasteiger partial charge in [0.05, 0.1) is 10.0 Å². The van der Waals surface area contributed by atoms with Crippen LogP contribution in [0.1, 0.15) is 28.3 Å². The van der Waals surface area contributed by atoms with Crippen molar-refractivity contribution in [2.24, 2.45) is 0 Å². The van der Waals surface area contributed by atoms with Crippen LogP contribution in [0.4, 0.5) is 9.18 Å². The average Bonchev–Trinajstić information content (AvgIpc) is 2.64. The van der Waals surface area contributed by atoms with Crippen LogP contribution in [0.3, 0.4) is 0 Å². The second-order valence-electron chi connectivity index (χ2n) is 6.38. The fourth-order valence-corrected chi connectivity index (χ4v) is 3.54. The molecule has 0 saturated carbocycles. The second-order valence-corrected chi connectivity index (χ2v) is 7.20. The molecule has 2 atom stereocenters. The van der Waals surface area contributed by atoms with Gasteiger partial charge in [-0.15, -0.1) is 0 Å². The van der Waals surface area contributed by atoms with E-state index in [9.17, 15) is 19.1 Å². The third kappa shape index (κ3) is 4.51. The van der Waals surface area contributed by atoms with Crippen LogP contribution < -0.4 is 5.32 Å². The summed E-state index contributed by atoms with van der Waals surface area (Å²) in [7, 11) is 0. The van der Waals surface area contributed by atoms with E-state index in [-0.39, 0.29) is 24.4 Å². The lowest BCUT2D eigenvalue weighted by molar-refractivity contribution is 0.0888. The van der Waals surface area contributed by atoms with E-state index in [0.717, 1.165) is 5.56 Å². The summed E-state index contributed by atoms with van der Waals surface area (Å²) in [5, 5.41) is 13.0. The summed E-state index contributed by atoms with van der Waals surface area (Å²) in [4.78, 5) is 25.2. The lowest BCUT2D eigenvalue weighted by Crippen LogP contribution is -2.51. The predicted molar refractivity (Wildman–Crippen MR) is 101 cm³/mol. The Kier molecular flexibility index (Phi) is 5.87. The third-order valence-corrected chi connectivity index (χ3v) is 5.42. The van der Waals surface area contributed by atoms with E-state index in [2.05, 4.69) is 5.32 Å². The van der Waals surface area contributed by atoms with Gasteiger partial charge in [0.15, 0.2) is 0 Å². The Labute approximate surface area is 165 Å². The fraction of sp³-hybridized carbons (Fsp3) is 0.263. The number of nitrogens with zero attached hydrogens (tertiary/aromatic N) is 1. The maximum Gasteiger partial charge on any atom is 0.407 e. The third-order valence-electron chi connectivity index (χ3n) is 4.68. The van der Waals surface area contributed by atoms with Crippen molar-refractivity contribution < 1.29 is 19.1 Å². The highest BCUT2D eigenvalue weighted by Crippen LogP contribution is 2.32. The average molecular weight is 411 g/mol. The Hall–Kier alpha value is -2.31. The SMILES string of the molecule is O=C(N[C@@H]1CCN(C(=O)O)C[C@H]1c1ccc(Cl)c(Cl)c1)c1ccc(F)cc1. The first-order valence-corrected chi connectivity index (χ1v) is 9.10. The molecule has 0 bridgehead atoms. The molecule has 142 valence electrons. The number of benzene rings is 2. The molecule has 2 aromatic rings. The van der Waals surface area contributed by atoms with Crippen molar-refractivity contribution in [1.82, 2.24) is 10.2 Å². The van der Waals surface area contributed by atoms with Gasteiger partial charge in [-0.25, -0.2) is 9.18 Å². The molecule has 1 aliphatic heterocycles. The van der Waals surface area contributed by atoms with Crippen LogP contribution in [0.25, 0.3) is 0 Å². The molecule has 3 rings (SSSR count). The number of rotatable bonds is 3. The van der Waals surface area contributed by atoms with Crippen LogP contribution in [0.15, 0.2) is 42.5 Å². The molecule has 27 heavy (non-hydrogen) atoms. The number of piperidine rings is 1. The van der Waals surface area contributed by atoms with Gasteiger partial charge in [0, 0.05) is 30.6 Å². The molecule has 0 aliphatic carbocycles. The maximum atomic E-state index is 13.1. The van der Waals surface area contributed by atoms with Gasteiger partial charge in [-0.2, -0.15) is 0 Å². The molecule has 2 amide bonds. The van der Waals surface area contributed by atoms with Crippen molar-refractivity contribution in [2.75, 3.05) is 13.1 Å². The van der Waals surface area contributed by atoms with E-state index >= 15 is 0 Å². The first-order valence-electron chi connectivity index (χ1n) is 8.34. The molecule has 1 heterocycles. The molecular weight excluding hydrogens is 394 g/mol. The molecule has 2 N–H and O–H groups in total. The monoisotopic (exact) mass is 410 g/mol. The Morgan fingerprint density at radius 1 is 1.11 bits per heavy atom. The molecule has 1 saturated heterocycles. The molecule has 1 fully saturated rings. The van der Waals surface area contributed by atoms with Crippen LogP contribution in [0, 0.1) is 5.82 Å². The smallest absolute Gasteiger partial charge is 0.407 e. The first-order chi connectivity index (χ1) is 12.8. The van der Waals surface area contributed by atoms with Crippen molar-refractivity contribution >= 4 is 35.2 Å². The Morgan fingerprint density at radius 3 is 2.44 bits per heavy atom. The Morgan fingerprint density at radius 2 is 1.81 bits per heavy atom. The molecule has 0 spiro atoms. The van der Waals surface area contributed by atoms with Gasteiger partial charge in [-0.3, -0.25) is 4.79 Å². The van der Waals surface area contributed by atoms with Crippen molar-refractivity contribution in [1.29, 1.82) is 0 Å². The summed E-state index contributed by atoms with van der Waals surface area (Å²) < 4.78 is 13.1. The summed E-state index contributed by atoms with van der Waals surface area (Å²) >= 11 is 12.1. The second kappa shape index (κ2) is 8.15. The van der Waals surface area contributed by atoms with Gasteiger partial charge >= 0.3 is 6.09 Å². The number of carbonyl (C=O) groups is 2. The van der Waals surface area contributed by atoms with Crippen molar-refractivity contribution in [2.45, 2.75) is 18.4 Å². The van der Waals surface area contributed by atoms with Gasteiger partial charge in [0.2, 0.25) is 0 Å². The predicted octanol–water partition coefficient (Wildman–Crippen LogP) is 4.40. The van der Waals surface area contributed by atoms with Gasteiger partial charge in [-0.05, 0) is 48.4 Å². The number of halogens is 3. The van der Waals surface area contributed by atoms with E-state index in [1.54, 1.807) is 18.2 Å². The summed E-state index contributed by atoms with van der Waals surface area (Å²) in [5.74, 6) is -1.04. The topological polar surface area (TPSA) is 69.6 Å². The largest absolute Gasteiger partial charge is 0.465 e. The van der Waals surface area contributed by atoms with Gasteiger partial charge in [-0.1, -0.05) is 29.3 Å². The van der Waals surface area contributed by atoms with E-state index in [1.807, 2.05) is 0 Å². The highest BCUT2D eigenvalue weighted by Gasteiger charge is 2.33. The normalized spacial score (nSPS) is 19.6. The number of carbonyl (C=O) groups excluding carboxylic acids is 1. The van der Waals surface area contributed by atoms with E-state index in [0.29, 0.717) is 28.6 Å². The highest BCUT2D eigenvalue weighted by atomic mass is 35.5. The maximum absolute atomic E-state index is 13.1. The number of hydrogen-bond donors (Lipinski definition) is 2. The number of nitrogens with one attached hydrogen (secondary N) is 1. The Balaban J connectivity index is 1.84. The zero-order valence-corrected chi connectivity index (χ0v) is 15.7. The van der Waals surface area contributed by atoms with Crippen LogP contribution in [-0.4, -0.2) is 41.1 Å². The fourth-order valence-electron chi connectivity index (χ4n) is 3.23. The van der Waals surface area contributed by atoms with Crippen molar-refractivity contribution in [3.8, 4) is 0 Å². The minimum Gasteiger partial charge on any atom is -0.465 e. The Bertz CT molecular complexity index is 861. The van der Waals surface area contributed by atoms with Crippen LogP contribution in [0.5, 0.6) is 0 Å². The van der Waals surface area contributed by atoms with Gasteiger partial charge < -0.3 is 15.3 Å². The quantitative estimate of drug-likeness (QED) is 0.787. The van der Waals surface area contributed by atoms with E-state index < -0.39 is 11.9 Å². The molecule has 0 aromatic heterocycles. The zero-order valence-electron chi connectivity index (χ0n) is 14.2. The minimum atomic E-state index is -1.01. The van der Waals surface area contributed by atoms with Crippen LogP contribution >= 0.6 is 23.2 Å². The summed E-state index contributed by atoms with van der Waals surface area (Å²) in [5.41, 5.74) is 1.13. The molecule has 2 aromatic carbocycles. The molecule has 0 radical (unpaired) electrons.